The molecular weight excluding hydrogens is 252 g/mol. The molecule has 1 amide bonds. The number of rotatable bonds is 3. The van der Waals surface area contributed by atoms with E-state index in [1.807, 2.05) is 24.3 Å². The van der Waals surface area contributed by atoms with Gasteiger partial charge in [-0.1, -0.05) is 31.0 Å². The van der Waals surface area contributed by atoms with E-state index in [0.717, 1.165) is 24.2 Å². The van der Waals surface area contributed by atoms with Gasteiger partial charge in [-0.15, -0.1) is 0 Å². The van der Waals surface area contributed by atoms with Crippen LogP contribution in [-0.4, -0.2) is 24.6 Å². The molecule has 1 fully saturated rings. The van der Waals surface area contributed by atoms with Gasteiger partial charge in [-0.25, -0.2) is 0 Å². The van der Waals surface area contributed by atoms with Gasteiger partial charge in [0.1, 0.15) is 5.75 Å². The Morgan fingerprint density at radius 1 is 1.30 bits per heavy atom. The summed E-state index contributed by atoms with van der Waals surface area (Å²) in [5.41, 5.74) is 7.22. The predicted octanol–water partition coefficient (Wildman–Crippen LogP) is 1.62. The number of amides is 1. The molecule has 3 atom stereocenters. The number of benzene rings is 1. The summed E-state index contributed by atoms with van der Waals surface area (Å²) in [6.45, 7) is 0.677. The highest BCUT2D eigenvalue weighted by Crippen LogP contribution is 2.28. The zero-order valence-corrected chi connectivity index (χ0v) is 11.7. The minimum Gasteiger partial charge on any atom is -0.480 e. The Kier molecular flexibility index (Phi) is 3.92. The molecule has 0 bridgehead atoms. The van der Waals surface area contributed by atoms with E-state index in [4.69, 9.17) is 10.5 Å². The van der Waals surface area contributed by atoms with Crippen molar-refractivity contribution in [3.8, 4) is 5.75 Å². The standard InChI is InChI=1S/C16H22N2O2/c17-13-7-3-1-6-12(13)10-18-16(19)15-9-11-5-2-4-8-14(11)20-15/h2,4-5,8,12-13,15H,1,3,6-7,9-10,17H2,(H,18,19). The number of hydrogen-bond acceptors (Lipinski definition) is 3. The van der Waals surface area contributed by atoms with Gasteiger partial charge in [0.2, 0.25) is 0 Å². The third-order valence-electron chi connectivity index (χ3n) is 4.45. The molecule has 4 heteroatoms. The van der Waals surface area contributed by atoms with E-state index < -0.39 is 0 Å². The molecule has 0 saturated heterocycles. The van der Waals surface area contributed by atoms with Crippen LogP contribution >= 0.6 is 0 Å². The predicted molar refractivity (Wildman–Crippen MR) is 77.5 cm³/mol. The second kappa shape index (κ2) is 5.83. The molecule has 1 heterocycles. The van der Waals surface area contributed by atoms with Crippen LogP contribution in [0.3, 0.4) is 0 Å². The third kappa shape index (κ3) is 2.80. The molecule has 0 spiro atoms. The SMILES string of the molecule is NC1CCCCC1CNC(=O)C1Cc2ccccc2O1. The van der Waals surface area contributed by atoms with Crippen LogP contribution in [0, 0.1) is 5.92 Å². The van der Waals surface area contributed by atoms with Gasteiger partial charge in [0.05, 0.1) is 0 Å². The summed E-state index contributed by atoms with van der Waals surface area (Å²) in [4.78, 5) is 12.2. The number of carbonyl (C=O) groups is 1. The van der Waals surface area contributed by atoms with E-state index >= 15 is 0 Å². The van der Waals surface area contributed by atoms with E-state index in [0.29, 0.717) is 18.9 Å². The number of carbonyl (C=O) groups excluding carboxylic acids is 1. The zero-order chi connectivity index (χ0) is 13.9. The molecule has 1 aliphatic carbocycles. The maximum atomic E-state index is 12.2. The van der Waals surface area contributed by atoms with Gasteiger partial charge in [0, 0.05) is 19.0 Å². The molecule has 4 nitrogen and oxygen atoms in total. The fourth-order valence-corrected chi connectivity index (χ4v) is 3.16. The number of fused-ring (bicyclic) bond motifs is 1. The Labute approximate surface area is 119 Å². The number of hydrogen-bond donors (Lipinski definition) is 2. The molecule has 1 aromatic rings. The Balaban J connectivity index is 1.51. The third-order valence-corrected chi connectivity index (χ3v) is 4.45. The van der Waals surface area contributed by atoms with E-state index in [9.17, 15) is 4.79 Å². The van der Waals surface area contributed by atoms with Crippen molar-refractivity contribution in [1.82, 2.24) is 5.32 Å². The van der Waals surface area contributed by atoms with Gasteiger partial charge in [0.15, 0.2) is 6.10 Å². The molecule has 3 rings (SSSR count). The van der Waals surface area contributed by atoms with Crippen molar-refractivity contribution >= 4 is 5.91 Å². The van der Waals surface area contributed by atoms with Crippen LogP contribution in [0.15, 0.2) is 24.3 Å². The van der Waals surface area contributed by atoms with Crippen molar-refractivity contribution in [2.75, 3.05) is 6.54 Å². The number of nitrogens with two attached hydrogens (primary N) is 1. The Morgan fingerprint density at radius 2 is 2.10 bits per heavy atom. The second-order valence-electron chi connectivity index (χ2n) is 5.87. The second-order valence-corrected chi connectivity index (χ2v) is 5.87. The fourth-order valence-electron chi connectivity index (χ4n) is 3.16. The van der Waals surface area contributed by atoms with Crippen molar-refractivity contribution in [3.63, 3.8) is 0 Å². The molecule has 1 aromatic carbocycles. The average Bonchev–Trinajstić information content (AvgIpc) is 2.90. The lowest BCUT2D eigenvalue weighted by atomic mass is 9.85. The number of para-hydroxylation sites is 1. The average molecular weight is 274 g/mol. The van der Waals surface area contributed by atoms with Crippen LogP contribution in [0.4, 0.5) is 0 Å². The highest BCUT2D eigenvalue weighted by Gasteiger charge is 2.30. The molecule has 3 unspecified atom stereocenters. The van der Waals surface area contributed by atoms with E-state index in [1.165, 1.54) is 12.8 Å². The van der Waals surface area contributed by atoms with Gasteiger partial charge in [-0.05, 0) is 30.4 Å². The van der Waals surface area contributed by atoms with Gasteiger partial charge in [0.25, 0.3) is 5.91 Å². The highest BCUT2D eigenvalue weighted by atomic mass is 16.5. The molecule has 1 aliphatic heterocycles. The van der Waals surface area contributed by atoms with Gasteiger partial charge >= 0.3 is 0 Å². The summed E-state index contributed by atoms with van der Waals surface area (Å²) in [6.07, 6.45) is 4.91. The molecular formula is C16H22N2O2. The normalized spacial score (nSPS) is 28.6. The summed E-state index contributed by atoms with van der Waals surface area (Å²) in [5.74, 6) is 1.23. The lowest BCUT2D eigenvalue weighted by Crippen LogP contribution is -2.44. The van der Waals surface area contributed by atoms with Crippen molar-refractivity contribution in [1.29, 1.82) is 0 Å². The van der Waals surface area contributed by atoms with Crippen molar-refractivity contribution in [2.24, 2.45) is 11.7 Å². The smallest absolute Gasteiger partial charge is 0.261 e. The first-order valence-electron chi connectivity index (χ1n) is 7.52. The molecule has 0 aromatic heterocycles. The van der Waals surface area contributed by atoms with Crippen LogP contribution in [0.5, 0.6) is 5.75 Å². The fraction of sp³-hybridized carbons (Fsp3) is 0.562. The molecule has 1 saturated carbocycles. The Morgan fingerprint density at radius 3 is 2.90 bits per heavy atom. The maximum Gasteiger partial charge on any atom is 0.261 e. The summed E-state index contributed by atoms with van der Waals surface area (Å²) in [7, 11) is 0. The lowest BCUT2D eigenvalue weighted by molar-refractivity contribution is -0.127. The summed E-state index contributed by atoms with van der Waals surface area (Å²) < 4.78 is 5.69. The number of nitrogens with one attached hydrogen (secondary N) is 1. The summed E-state index contributed by atoms with van der Waals surface area (Å²) in [6, 6.07) is 8.06. The van der Waals surface area contributed by atoms with Crippen LogP contribution in [-0.2, 0) is 11.2 Å². The van der Waals surface area contributed by atoms with Crippen molar-refractivity contribution in [2.45, 2.75) is 44.2 Å². The zero-order valence-electron chi connectivity index (χ0n) is 11.7. The first-order chi connectivity index (χ1) is 9.74. The van der Waals surface area contributed by atoms with Crippen LogP contribution in [0.1, 0.15) is 31.2 Å². The first-order valence-corrected chi connectivity index (χ1v) is 7.52. The lowest BCUT2D eigenvalue weighted by Gasteiger charge is -2.28. The van der Waals surface area contributed by atoms with Crippen LogP contribution in [0.2, 0.25) is 0 Å². The Bertz CT molecular complexity index is 464. The van der Waals surface area contributed by atoms with Crippen molar-refractivity contribution in [3.05, 3.63) is 29.8 Å². The summed E-state index contributed by atoms with van der Waals surface area (Å²) in [5, 5.41) is 3.02. The minimum absolute atomic E-state index is 0.0148. The van der Waals surface area contributed by atoms with Gasteiger partial charge in [-0.3, -0.25) is 4.79 Å². The topological polar surface area (TPSA) is 64.3 Å². The first kappa shape index (κ1) is 13.4. The van der Waals surface area contributed by atoms with E-state index in [-0.39, 0.29) is 18.1 Å². The maximum absolute atomic E-state index is 12.2. The van der Waals surface area contributed by atoms with Crippen LogP contribution < -0.4 is 15.8 Å². The van der Waals surface area contributed by atoms with Crippen molar-refractivity contribution < 1.29 is 9.53 Å². The van der Waals surface area contributed by atoms with E-state index in [1.54, 1.807) is 0 Å². The monoisotopic (exact) mass is 274 g/mol. The largest absolute Gasteiger partial charge is 0.480 e. The van der Waals surface area contributed by atoms with Gasteiger partial charge < -0.3 is 15.8 Å². The highest BCUT2D eigenvalue weighted by molar-refractivity contribution is 5.82. The minimum atomic E-state index is -0.382. The molecule has 108 valence electrons. The van der Waals surface area contributed by atoms with Gasteiger partial charge in [-0.2, -0.15) is 0 Å². The summed E-state index contributed by atoms with van der Waals surface area (Å²) >= 11 is 0. The molecule has 0 radical (unpaired) electrons. The number of ether oxygens (including phenoxy) is 1. The quantitative estimate of drug-likeness (QED) is 0.880. The van der Waals surface area contributed by atoms with Crippen LogP contribution in [0.25, 0.3) is 0 Å². The molecule has 20 heavy (non-hydrogen) atoms. The Hall–Kier alpha value is -1.55. The molecule has 3 N–H and O–H groups in total. The molecule has 2 aliphatic rings. The van der Waals surface area contributed by atoms with E-state index in [2.05, 4.69) is 5.32 Å².